The molecule has 1 aliphatic heterocycles. The standard InChI is InChI=1S/C15H14F4N6/c1-8-21-14-13(24-4-2-20-3-5-24)22-11-7-10(16)9(15(17,18)19)6-12(11)25(14)23-8/h6-7,20H,2-5H2,1H3. The molecule has 0 amide bonds. The van der Waals surface area contributed by atoms with Crippen molar-refractivity contribution in [2.24, 2.45) is 0 Å². The normalized spacial score (nSPS) is 16.1. The number of halogens is 4. The number of anilines is 1. The lowest BCUT2D eigenvalue weighted by molar-refractivity contribution is -0.139. The molecular weight excluding hydrogens is 340 g/mol. The van der Waals surface area contributed by atoms with Crippen LogP contribution in [0.2, 0.25) is 0 Å². The van der Waals surface area contributed by atoms with Crippen LogP contribution in [0.3, 0.4) is 0 Å². The number of alkyl halides is 3. The number of hydrogen-bond donors (Lipinski definition) is 1. The first kappa shape index (κ1) is 16.0. The van der Waals surface area contributed by atoms with Gasteiger partial charge >= 0.3 is 6.18 Å². The van der Waals surface area contributed by atoms with E-state index in [4.69, 9.17) is 0 Å². The van der Waals surface area contributed by atoms with Gasteiger partial charge in [-0.15, -0.1) is 0 Å². The van der Waals surface area contributed by atoms with Crippen LogP contribution in [-0.4, -0.2) is 45.8 Å². The summed E-state index contributed by atoms with van der Waals surface area (Å²) in [6.07, 6.45) is -4.79. The van der Waals surface area contributed by atoms with Gasteiger partial charge in [-0.25, -0.2) is 18.9 Å². The van der Waals surface area contributed by atoms with Crippen molar-refractivity contribution < 1.29 is 17.6 Å². The van der Waals surface area contributed by atoms with Gasteiger partial charge in [0.15, 0.2) is 11.5 Å². The molecule has 0 radical (unpaired) electrons. The number of aryl methyl sites for hydroxylation is 1. The van der Waals surface area contributed by atoms with E-state index in [2.05, 4.69) is 20.4 Å². The summed E-state index contributed by atoms with van der Waals surface area (Å²) >= 11 is 0. The quantitative estimate of drug-likeness (QED) is 0.679. The maximum atomic E-state index is 14.0. The lowest BCUT2D eigenvalue weighted by Gasteiger charge is -2.28. The van der Waals surface area contributed by atoms with E-state index in [-0.39, 0.29) is 11.0 Å². The average molecular weight is 354 g/mol. The Kier molecular flexibility index (Phi) is 3.53. The van der Waals surface area contributed by atoms with Crippen LogP contribution in [0.5, 0.6) is 0 Å². The topological polar surface area (TPSA) is 58.4 Å². The third-order valence-corrected chi connectivity index (χ3v) is 4.15. The first-order valence-electron chi connectivity index (χ1n) is 7.74. The second-order valence-corrected chi connectivity index (χ2v) is 5.89. The van der Waals surface area contributed by atoms with Crippen molar-refractivity contribution in [3.8, 4) is 0 Å². The minimum atomic E-state index is -4.79. The van der Waals surface area contributed by atoms with E-state index >= 15 is 0 Å². The van der Waals surface area contributed by atoms with Crippen LogP contribution in [0.15, 0.2) is 12.1 Å². The van der Waals surface area contributed by atoms with E-state index in [1.807, 2.05) is 4.90 Å². The molecule has 6 nitrogen and oxygen atoms in total. The van der Waals surface area contributed by atoms with Crippen molar-refractivity contribution in [2.45, 2.75) is 13.1 Å². The summed E-state index contributed by atoms with van der Waals surface area (Å²) in [5.74, 6) is -0.452. The lowest BCUT2D eigenvalue weighted by atomic mass is 10.1. The third-order valence-electron chi connectivity index (χ3n) is 4.15. The number of hydrogen-bond acceptors (Lipinski definition) is 5. The third kappa shape index (κ3) is 2.66. The summed E-state index contributed by atoms with van der Waals surface area (Å²) in [4.78, 5) is 10.7. The lowest BCUT2D eigenvalue weighted by Crippen LogP contribution is -2.44. The number of fused-ring (bicyclic) bond motifs is 3. The van der Waals surface area contributed by atoms with Crippen molar-refractivity contribution in [3.63, 3.8) is 0 Å². The summed E-state index contributed by atoms with van der Waals surface area (Å²) in [5, 5.41) is 7.39. The molecule has 1 aromatic carbocycles. The molecule has 10 heteroatoms. The Hall–Kier alpha value is -2.49. The summed E-state index contributed by atoms with van der Waals surface area (Å²) in [7, 11) is 0. The maximum Gasteiger partial charge on any atom is 0.419 e. The fourth-order valence-electron chi connectivity index (χ4n) is 3.01. The molecule has 0 spiro atoms. The Morgan fingerprint density at radius 2 is 1.84 bits per heavy atom. The van der Waals surface area contributed by atoms with Gasteiger partial charge in [-0.3, -0.25) is 0 Å². The van der Waals surface area contributed by atoms with Gasteiger partial charge in [0.05, 0.1) is 16.6 Å². The molecule has 0 unspecified atom stereocenters. The highest BCUT2D eigenvalue weighted by Gasteiger charge is 2.35. The zero-order chi connectivity index (χ0) is 17.8. The van der Waals surface area contributed by atoms with Crippen LogP contribution < -0.4 is 10.2 Å². The summed E-state index contributed by atoms with van der Waals surface area (Å²) in [6, 6.07) is 1.54. The van der Waals surface area contributed by atoms with Gasteiger partial charge in [0.25, 0.3) is 0 Å². The number of nitrogens with zero attached hydrogens (tertiary/aromatic N) is 5. The zero-order valence-electron chi connectivity index (χ0n) is 13.2. The van der Waals surface area contributed by atoms with Gasteiger partial charge < -0.3 is 10.2 Å². The van der Waals surface area contributed by atoms with Gasteiger partial charge in [-0.1, -0.05) is 0 Å². The van der Waals surface area contributed by atoms with Crippen LogP contribution in [0.1, 0.15) is 11.4 Å². The second kappa shape index (κ2) is 5.51. The molecule has 3 aromatic rings. The first-order chi connectivity index (χ1) is 11.8. The molecule has 2 aromatic heterocycles. The highest BCUT2D eigenvalue weighted by Crippen LogP contribution is 2.34. The number of aromatic nitrogens is 4. The molecule has 0 atom stereocenters. The zero-order valence-corrected chi connectivity index (χ0v) is 13.2. The van der Waals surface area contributed by atoms with Crippen LogP contribution in [0, 0.1) is 12.7 Å². The van der Waals surface area contributed by atoms with Gasteiger partial charge in [-0.2, -0.15) is 18.3 Å². The molecule has 1 N–H and O–H groups in total. The fourth-order valence-corrected chi connectivity index (χ4v) is 3.01. The number of rotatable bonds is 1. The van der Waals surface area contributed by atoms with E-state index in [0.717, 1.165) is 25.2 Å². The summed E-state index contributed by atoms with van der Waals surface area (Å²) in [5.41, 5.74) is -0.794. The summed E-state index contributed by atoms with van der Waals surface area (Å²) in [6.45, 7) is 4.49. The number of piperazine rings is 1. The monoisotopic (exact) mass is 354 g/mol. The molecule has 1 fully saturated rings. The van der Waals surface area contributed by atoms with Crippen molar-refractivity contribution >= 4 is 22.5 Å². The smallest absolute Gasteiger partial charge is 0.351 e. The predicted molar refractivity (Wildman–Crippen MR) is 83.1 cm³/mol. The molecule has 132 valence electrons. The molecule has 3 heterocycles. The van der Waals surface area contributed by atoms with Crippen molar-refractivity contribution in [1.82, 2.24) is 24.9 Å². The van der Waals surface area contributed by atoms with Gasteiger partial charge in [0, 0.05) is 32.2 Å². The first-order valence-corrected chi connectivity index (χ1v) is 7.74. The molecule has 0 saturated carbocycles. The Balaban J connectivity index is 2.01. The molecule has 4 rings (SSSR count). The fraction of sp³-hybridized carbons (Fsp3) is 0.400. The Bertz CT molecular complexity index is 958. The van der Waals surface area contributed by atoms with E-state index < -0.39 is 17.6 Å². The van der Waals surface area contributed by atoms with Crippen LogP contribution in [0.25, 0.3) is 16.7 Å². The van der Waals surface area contributed by atoms with Crippen LogP contribution >= 0.6 is 0 Å². The van der Waals surface area contributed by atoms with Crippen molar-refractivity contribution in [1.29, 1.82) is 0 Å². The predicted octanol–water partition coefficient (Wildman–Crippen LogP) is 2.15. The minimum absolute atomic E-state index is 0.0724. The molecule has 0 bridgehead atoms. The highest BCUT2D eigenvalue weighted by molar-refractivity contribution is 5.83. The van der Waals surface area contributed by atoms with Crippen LogP contribution in [0.4, 0.5) is 23.4 Å². The Morgan fingerprint density at radius 3 is 2.52 bits per heavy atom. The van der Waals surface area contributed by atoms with E-state index in [1.165, 1.54) is 4.52 Å². The SMILES string of the molecule is Cc1nc2c(N3CCNCC3)nc3cc(F)c(C(F)(F)F)cc3n2n1. The summed E-state index contributed by atoms with van der Waals surface area (Å²) < 4.78 is 54.4. The largest absolute Gasteiger partial charge is 0.419 e. The van der Waals surface area contributed by atoms with Gasteiger partial charge in [-0.05, 0) is 13.0 Å². The number of benzene rings is 1. The molecule has 25 heavy (non-hydrogen) atoms. The second-order valence-electron chi connectivity index (χ2n) is 5.89. The minimum Gasteiger partial charge on any atom is -0.351 e. The highest BCUT2D eigenvalue weighted by atomic mass is 19.4. The molecule has 0 aliphatic carbocycles. The van der Waals surface area contributed by atoms with E-state index in [0.29, 0.717) is 30.4 Å². The Morgan fingerprint density at radius 1 is 1.12 bits per heavy atom. The van der Waals surface area contributed by atoms with E-state index in [1.54, 1.807) is 6.92 Å². The van der Waals surface area contributed by atoms with Crippen molar-refractivity contribution in [3.05, 3.63) is 29.3 Å². The molecule has 1 saturated heterocycles. The van der Waals surface area contributed by atoms with Crippen LogP contribution in [-0.2, 0) is 6.18 Å². The van der Waals surface area contributed by atoms with E-state index in [9.17, 15) is 17.6 Å². The average Bonchev–Trinajstić information content (AvgIpc) is 2.94. The van der Waals surface area contributed by atoms with Gasteiger partial charge in [0.2, 0.25) is 0 Å². The molecule has 1 aliphatic rings. The number of nitrogens with one attached hydrogen (secondary N) is 1. The van der Waals surface area contributed by atoms with Crippen molar-refractivity contribution in [2.75, 3.05) is 31.1 Å². The Labute approximate surface area is 139 Å². The van der Waals surface area contributed by atoms with Gasteiger partial charge in [0.1, 0.15) is 11.6 Å². The maximum absolute atomic E-state index is 14.0. The molecular formula is C15H14F4N6.